The van der Waals surface area contributed by atoms with Gasteiger partial charge in [0.05, 0.1) is 13.7 Å². The van der Waals surface area contributed by atoms with E-state index in [2.05, 4.69) is 52.3 Å². The number of hydrogen-bond donors (Lipinski definition) is 1. The van der Waals surface area contributed by atoms with Gasteiger partial charge in [-0.3, -0.25) is 4.90 Å². The third kappa shape index (κ3) is 5.72. The lowest BCUT2D eigenvalue weighted by Gasteiger charge is -2.34. The van der Waals surface area contributed by atoms with Crippen molar-refractivity contribution in [2.24, 2.45) is 0 Å². The predicted molar refractivity (Wildman–Crippen MR) is 130 cm³/mol. The monoisotopic (exact) mass is 468 g/mol. The van der Waals surface area contributed by atoms with Gasteiger partial charge in [0, 0.05) is 49.1 Å². The molecule has 0 unspecified atom stereocenters. The first-order chi connectivity index (χ1) is 13.8. The van der Waals surface area contributed by atoms with Crippen LogP contribution in [0.25, 0.3) is 5.57 Å². The molecule has 0 bridgehead atoms. The quantitative estimate of drug-likeness (QED) is 0.578. The van der Waals surface area contributed by atoms with E-state index < -0.39 is 0 Å². The summed E-state index contributed by atoms with van der Waals surface area (Å²) in [4.78, 5) is 7.49. The summed E-state index contributed by atoms with van der Waals surface area (Å²) in [5.41, 5.74) is 3.92. The fourth-order valence-corrected chi connectivity index (χ4v) is 5.05. The zero-order valence-electron chi connectivity index (χ0n) is 17.3. The van der Waals surface area contributed by atoms with Crippen molar-refractivity contribution in [3.8, 4) is 5.75 Å². The number of aliphatic hydroxyl groups excluding tert-OH is 1. The second-order valence-electron chi connectivity index (χ2n) is 7.27. The number of halogens is 2. The lowest BCUT2D eigenvalue weighted by molar-refractivity contribution is 0.114. The first kappa shape index (κ1) is 25.1. The number of piperazine rings is 1. The van der Waals surface area contributed by atoms with Gasteiger partial charge in [-0.05, 0) is 47.4 Å². The molecule has 4 nitrogen and oxygen atoms in total. The molecule has 0 saturated carbocycles. The highest BCUT2D eigenvalue weighted by Gasteiger charge is 2.21. The van der Waals surface area contributed by atoms with Gasteiger partial charge in [-0.25, -0.2) is 0 Å². The molecular weight excluding hydrogens is 439 g/mol. The molecule has 164 valence electrons. The number of fused-ring (bicyclic) bond motifs is 2. The van der Waals surface area contributed by atoms with Crippen molar-refractivity contribution in [2.45, 2.75) is 16.2 Å². The van der Waals surface area contributed by atoms with Crippen LogP contribution in [0.2, 0.25) is 0 Å². The van der Waals surface area contributed by atoms with E-state index in [1.54, 1.807) is 7.11 Å². The van der Waals surface area contributed by atoms with E-state index in [0.29, 0.717) is 0 Å². The Balaban J connectivity index is 0.00000160. The van der Waals surface area contributed by atoms with Gasteiger partial charge in [0.15, 0.2) is 0 Å². The molecule has 7 heteroatoms. The summed E-state index contributed by atoms with van der Waals surface area (Å²) in [6, 6.07) is 15.1. The summed E-state index contributed by atoms with van der Waals surface area (Å²) in [7, 11) is 1.73. The molecule has 0 aliphatic carbocycles. The van der Waals surface area contributed by atoms with Gasteiger partial charge in [0.2, 0.25) is 0 Å². The van der Waals surface area contributed by atoms with Crippen molar-refractivity contribution in [3.63, 3.8) is 0 Å². The molecule has 30 heavy (non-hydrogen) atoms. The molecule has 1 saturated heterocycles. The fourth-order valence-electron chi connectivity index (χ4n) is 3.97. The van der Waals surface area contributed by atoms with E-state index in [1.165, 1.54) is 26.5 Å². The first-order valence-corrected chi connectivity index (χ1v) is 10.8. The molecule has 1 fully saturated rings. The van der Waals surface area contributed by atoms with E-state index in [1.807, 2.05) is 17.8 Å². The predicted octanol–water partition coefficient (Wildman–Crippen LogP) is 4.44. The Morgan fingerprint density at radius 3 is 2.30 bits per heavy atom. The van der Waals surface area contributed by atoms with Gasteiger partial charge in [0.25, 0.3) is 0 Å². The summed E-state index contributed by atoms with van der Waals surface area (Å²) in [6.07, 6.45) is 3.43. The summed E-state index contributed by atoms with van der Waals surface area (Å²) < 4.78 is 5.48. The zero-order chi connectivity index (χ0) is 19.3. The molecule has 2 aliphatic rings. The highest BCUT2D eigenvalue weighted by molar-refractivity contribution is 7.99. The van der Waals surface area contributed by atoms with Crippen LogP contribution in [0, 0.1) is 0 Å². The van der Waals surface area contributed by atoms with Crippen LogP contribution in [0.15, 0.2) is 58.3 Å². The molecular formula is C23H30Cl2N2O2S. The molecule has 2 aromatic carbocycles. The topological polar surface area (TPSA) is 35.9 Å². The number of nitrogens with zero attached hydrogens (tertiary/aromatic N) is 2. The highest BCUT2D eigenvalue weighted by Crippen LogP contribution is 2.46. The van der Waals surface area contributed by atoms with Crippen LogP contribution in [-0.2, 0) is 0 Å². The number of rotatable bonds is 6. The molecule has 2 aliphatic heterocycles. The van der Waals surface area contributed by atoms with Crippen LogP contribution in [0.1, 0.15) is 17.5 Å². The van der Waals surface area contributed by atoms with Crippen molar-refractivity contribution < 1.29 is 9.84 Å². The van der Waals surface area contributed by atoms with Gasteiger partial charge in [-0.1, -0.05) is 36.0 Å². The summed E-state index contributed by atoms with van der Waals surface area (Å²) in [6.45, 7) is 6.40. The maximum atomic E-state index is 9.09. The summed E-state index contributed by atoms with van der Waals surface area (Å²) in [5.74, 6) is 0.907. The Morgan fingerprint density at radius 1 is 0.933 bits per heavy atom. The van der Waals surface area contributed by atoms with Gasteiger partial charge in [0.1, 0.15) is 5.75 Å². The van der Waals surface area contributed by atoms with Crippen molar-refractivity contribution in [1.82, 2.24) is 9.80 Å². The minimum Gasteiger partial charge on any atom is -0.497 e. The molecule has 4 rings (SSSR count). The molecule has 2 heterocycles. The third-order valence-electron chi connectivity index (χ3n) is 5.55. The first-order valence-electron chi connectivity index (χ1n) is 10.00. The second kappa shape index (κ2) is 12.0. The average molecular weight is 469 g/mol. The van der Waals surface area contributed by atoms with Crippen LogP contribution < -0.4 is 4.74 Å². The smallest absolute Gasteiger partial charge is 0.119 e. The molecule has 2 aromatic rings. The van der Waals surface area contributed by atoms with Gasteiger partial charge in [-0.2, -0.15) is 0 Å². The maximum absolute atomic E-state index is 9.09. The minimum absolute atomic E-state index is 0. The van der Waals surface area contributed by atoms with Gasteiger partial charge >= 0.3 is 0 Å². The number of aliphatic hydroxyl groups is 1. The van der Waals surface area contributed by atoms with E-state index in [0.717, 1.165) is 51.4 Å². The van der Waals surface area contributed by atoms with Crippen LogP contribution in [0.3, 0.4) is 0 Å². The van der Waals surface area contributed by atoms with Crippen molar-refractivity contribution in [1.29, 1.82) is 0 Å². The number of benzene rings is 2. The SMILES string of the molecule is COc1ccc2c(c1)/C(=C/CCN1CCN(CCO)CC1)c1ccccc1S2.Cl.Cl. The van der Waals surface area contributed by atoms with Crippen molar-refractivity contribution >= 4 is 42.1 Å². The van der Waals surface area contributed by atoms with E-state index in [-0.39, 0.29) is 31.4 Å². The van der Waals surface area contributed by atoms with Gasteiger partial charge < -0.3 is 14.7 Å². The van der Waals surface area contributed by atoms with E-state index in [4.69, 9.17) is 9.84 Å². The second-order valence-corrected chi connectivity index (χ2v) is 8.36. The molecule has 0 spiro atoms. The highest BCUT2D eigenvalue weighted by atomic mass is 35.5. The van der Waals surface area contributed by atoms with Crippen LogP contribution in [-0.4, -0.2) is 67.9 Å². The summed E-state index contributed by atoms with van der Waals surface area (Å²) >= 11 is 1.84. The number of methoxy groups -OCH3 is 1. The number of hydrogen-bond acceptors (Lipinski definition) is 5. The molecule has 0 atom stereocenters. The van der Waals surface area contributed by atoms with Crippen molar-refractivity contribution in [3.05, 3.63) is 59.7 Å². The largest absolute Gasteiger partial charge is 0.497 e. The van der Waals surface area contributed by atoms with E-state index >= 15 is 0 Å². The van der Waals surface area contributed by atoms with Crippen molar-refractivity contribution in [2.75, 3.05) is 53.0 Å². The number of β-amino-alcohol motifs (C(OH)–C–C–N with tert-alkyl or cyclic N) is 1. The molecule has 0 amide bonds. The van der Waals surface area contributed by atoms with Crippen LogP contribution in [0.4, 0.5) is 0 Å². The van der Waals surface area contributed by atoms with E-state index in [9.17, 15) is 0 Å². The minimum atomic E-state index is 0. The third-order valence-corrected chi connectivity index (χ3v) is 6.70. The summed E-state index contributed by atoms with van der Waals surface area (Å²) in [5, 5.41) is 9.09. The Labute approximate surface area is 196 Å². The fraction of sp³-hybridized carbons (Fsp3) is 0.391. The maximum Gasteiger partial charge on any atom is 0.119 e. The lowest BCUT2D eigenvalue weighted by atomic mass is 9.95. The Morgan fingerprint density at radius 2 is 1.60 bits per heavy atom. The molecule has 0 aromatic heterocycles. The standard InChI is InChI=1S/C23H28N2O2S.2ClH/c1-27-18-8-9-23-21(17-18)19(20-5-2-3-7-22(20)28-23)6-4-10-24-11-13-25(14-12-24)15-16-26;;/h2-3,5-9,17,26H,4,10-16H2,1H3;2*1H/b19-6+;;. The Bertz CT molecular complexity index is 855. The molecule has 0 radical (unpaired) electrons. The average Bonchev–Trinajstić information content (AvgIpc) is 2.74. The Kier molecular flexibility index (Phi) is 10.0. The van der Waals surface area contributed by atoms with Gasteiger partial charge in [-0.15, -0.1) is 24.8 Å². The Hall–Kier alpha value is -1.21. The van der Waals surface area contributed by atoms with Crippen LogP contribution >= 0.6 is 36.6 Å². The van der Waals surface area contributed by atoms with Crippen LogP contribution in [0.5, 0.6) is 5.75 Å². The lowest BCUT2D eigenvalue weighted by Crippen LogP contribution is -2.47. The molecule has 1 N–H and O–H groups in total. The zero-order valence-corrected chi connectivity index (χ0v) is 19.7. The number of ether oxygens (including phenoxy) is 1. The normalized spacial score (nSPS) is 17.5.